The second kappa shape index (κ2) is 5.81. The molecule has 1 fully saturated rings. The van der Waals surface area contributed by atoms with Crippen LogP contribution in [0.3, 0.4) is 0 Å². The highest BCUT2D eigenvalue weighted by atomic mass is 32.2. The van der Waals surface area contributed by atoms with Crippen molar-refractivity contribution in [1.82, 2.24) is 4.90 Å². The molecule has 1 aliphatic rings. The minimum Gasteiger partial charge on any atom is -0.285 e. The van der Waals surface area contributed by atoms with E-state index in [-0.39, 0.29) is 5.91 Å². The SMILES string of the molecule is Cc1cccc(N=C2SCC(=O)N2Cc2cccs2)c1. The molecule has 3 nitrogen and oxygen atoms in total. The zero-order chi connectivity index (χ0) is 13.9. The van der Waals surface area contributed by atoms with Crippen LogP contribution in [0.1, 0.15) is 10.4 Å². The minimum atomic E-state index is 0.134. The van der Waals surface area contributed by atoms with Crippen LogP contribution in [0, 0.1) is 6.92 Å². The Labute approximate surface area is 126 Å². The Morgan fingerprint density at radius 3 is 2.95 bits per heavy atom. The number of thiophene rings is 1. The van der Waals surface area contributed by atoms with E-state index in [0.29, 0.717) is 12.3 Å². The predicted molar refractivity (Wildman–Crippen MR) is 85.6 cm³/mol. The summed E-state index contributed by atoms with van der Waals surface area (Å²) in [5.74, 6) is 0.616. The second-order valence-electron chi connectivity index (χ2n) is 4.58. The third-order valence-electron chi connectivity index (χ3n) is 2.98. The van der Waals surface area contributed by atoms with Gasteiger partial charge in [0.15, 0.2) is 5.17 Å². The number of rotatable bonds is 3. The van der Waals surface area contributed by atoms with Crippen LogP contribution < -0.4 is 0 Å². The molecule has 0 radical (unpaired) electrons. The number of amides is 1. The van der Waals surface area contributed by atoms with Crippen molar-refractivity contribution < 1.29 is 4.79 Å². The van der Waals surface area contributed by atoms with Crippen molar-refractivity contribution in [3.8, 4) is 0 Å². The lowest BCUT2D eigenvalue weighted by molar-refractivity contribution is -0.124. The summed E-state index contributed by atoms with van der Waals surface area (Å²) in [7, 11) is 0. The average Bonchev–Trinajstić information content (AvgIpc) is 3.04. The maximum Gasteiger partial charge on any atom is 0.239 e. The van der Waals surface area contributed by atoms with Gasteiger partial charge in [0, 0.05) is 4.88 Å². The molecule has 3 rings (SSSR count). The molecule has 1 aliphatic heterocycles. The Morgan fingerprint density at radius 2 is 2.20 bits per heavy atom. The molecule has 2 aromatic rings. The number of carbonyl (C=O) groups is 1. The van der Waals surface area contributed by atoms with Gasteiger partial charge in [0.1, 0.15) is 0 Å². The van der Waals surface area contributed by atoms with Gasteiger partial charge in [-0.05, 0) is 36.1 Å². The van der Waals surface area contributed by atoms with Gasteiger partial charge in [-0.2, -0.15) is 0 Å². The number of aliphatic imine (C=N–C) groups is 1. The highest BCUT2D eigenvalue weighted by molar-refractivity contribution is 8.15. The first kappa shape index (κ1) is 13.4. The molecular formula is C15H14N2OS2. The molecule has 0 spiro atoms. The zero-order valence-corrected chi connectivity index (χ0v) is 12.7. The van der Waals surface area contributed by atoms with E-state index < -0.39 is 0 Å². The fraction of sp³-hybridized carbons (Fsp3) is 0.200. The fourth-order valence-electron chi connectivity index (χ4n) is 2.00. The molecule has 2 heterocycles. The smallest absolute Gasteiger partial charge is 0.239 e. The summed E-state index contributed by atoms with van der Waals surface area (Å²) in [6, 6.07) is 12.1. The van der Waals surface area contributed by atoms with Crippen LogP contribution in [0.5, 0.6) is 0 Å². The molecule has 5 heteroatoms. The Hall–Kier alpha value is -1.59. The molecule has 0 bridgehead atoms. The lowest BCUT2D eigenvalue weighted by Crippen LogP contribution is -2.28. The van der Waals surface area contributed by atoms with E-state index in [4.69, 9.17) is 0 Å². The molecule has 102 valence electrons. The van der Waals surface area contributed by atoms with Gasteiger partial charge >= 0.3 is 0 Å². The number of amidine groups is 1. The number of carbonyl (C=O) groups excluding carboxylic acids is 1. The van der Waals surface area contributed by atoms with Crippen molar-refractivity contribution >= 4 is 39.9 Å². The van der Waals surface area contributed by atoms with Crippen molar-refractivity contribution in [2.45, 2.75) is 13.5 Å². The van der Waals surface area contributed by atoms with E-state index in [1.165, 1.54) is 22.2 Å². The van der Waals surface area contributed by atoms with Crippen LogP contribution in [0.15, 0.2) is 46.8 Å². The standard InChI is InChI=1S/C15H14N2OS2/c1-11-4-2-5-12(8-11)16-15-17(14(18)10-20-15)9-13-6-3-7-19-13/h2-8H,9-10H2,1H3. The van der Waals surface area contributed by atoms with Crippen LogP contribution >= 0.6 is 23.1 Å². The zero-order valence-electron chi connectivity index (χ0n) is 11.1. The first-order valence-corrected chi connectivity index (χ1v) is 8.20. The number of aryl methyl sites for hydroxylation is 1. The van der Waals surface area contributed by atoms with Crippen LogP contribution in [0.4, 0.5) is 5.69 Å². The number of benzene rings is 1. The Balaban J connectivity index is 1.86. The molecule has 1 aromatic carbocycles. The van der Waals surface area contributed by atoms with Gasteiger partial charge < -0.3 is 0 Å². The van der Waals surface area contributed by atoms with E-state index >= 15 is 0 Å². The minimum absolute atomic E-state index is 0.134. The third-order valence-corrected chi connectivity index (χ3v) is 4.80. The van der Waals surface area contributed by atoms with Gasteiger partial charge in [0.2, 0.25) is 5.91 Å². The van der Waals surface area contributed by atoms with E-state index in [9.17, 15) is 4.79 Å². The highest BCUT2D eigenvalue weighted by Crippen LogP contribution is 2.26. The van der Waals surface area contributed by atoms with Gasteiger partial charge in [-0.25, -0.2) is 4.99 Å². The number of thioether (sulfide) groups is 1. The van der Waals surface area contributed by atoms with Crippen molar-refractivity contribution in [1.29, 1.82) is 0 Å². The predicted octanol–water partition coefficient (Wildman–Crippen LogP) is 3.82. The third kappa shape index (κ3) is 2.94. The summed E-state index contributed by atoms with van der Waals surface area (Å²) < 4.78 is 0. The quantitative estimate of drug-likeness (QED) is 0.863. The maximum atomic E-state index is 12.0. The summed E-state index contributed by atoms with van der Waals surface area (Å²) >= 11 is 3.18. The monoisotopic (exact) mass is 302 g/mol. The van der Waals surface area contributed by atoms with Crippen LogP contribution in [-0.4, -0.2) is 21.7 Å². The van der Waals surface area contributed by atoms with Gasteiger partial charge in [0.05, 0.1) is 18.0 Å². The summed E-state index contributed by atoms with van der Waals surface area (Å²) in [5.41, 5.74) is 2.07. The Morgan fingerprint density at radius 1 is 1.30 bits per heavy atom. The van der Waals surface area contributed by atoms with Gasteiger partial charge in [-0.1, -0.05) is 30.0 Å². The molecule has 0 atom stereocenters. The molecule has 0 N–H and O–H groups in total. The maximum absolute atomic E-state index is 12.0. The van der Waals surface area contributed by atoms with E-state index in [2.05, 4.69) is 4.99 Å². The Bertz CT molecular complexity index is 650. The molecule has 20 heavy (non-hydrogen) atoms. The molecule has 1 amide bonds. The average molecular weight is 302 g/mol. The fourth-order valence-corrected chi connectivity index (χ4v) is 3.60. The number of nitrogens with zero attached hydrogens (tertiary/aromatic N) is 2. The summed E-state index contributed by atoms with van der Waals surface area (Å²) in [4.78, 5) is 19.6. The summed E-state index contributed by atoms with van der Waals surface area (Å²) in [6.07, 6.45) is 0. The summed E-state index contributed by atoms with van der Waals surface area (Å²) in [6.45, 7) is 2.66. The largest absolute Gasteiger partial charge is 0.285 e. The highest BCUT2D eigenvalue weighted by Gasteiger charge is 2.28. The van der Waals surface area contributed by atoms with Crippen LogP contribution in [0.25, 0.3) is 0 Å². The molecule has 0 aliphatic carbocycles. The summed E-state index contributed by atoms with van der Waals surface area (Å²) in [5, 5.41) is 2.83. The Kier molecular flexibility index (Phi) is 3.89. The van der Waals surface area contributed by atoms with Gasteiger partial charge in [-0.3, -0.25) is 9.69 Å². The number of hydrogen-bond donors (Lipinski definition) is 0. The molecular weight excluding hydrogens is 288 g/mol. The number of hydrogen-bond acceptors (Lipinski definition) is 4. The van der Waals surface area contributed by atoms with Crippen molar-refractivity contribution in [3.63, 3.8) is 0 Å². The molecule has 1 aromatic heterocycles. The van der Waals surface area contributed by atoms with E-state index in [0.717, 1.165) is 10.9 Å². The second-order valence-corrected chi connectivity index (χ2v) is 6.56. The first-order chi connectivity index (χ1) is 9.72. The molecule has 1 saturated heterocycles. The topological polar surface area (TPSA) is 32.7 Å². The van der Waals surface area contributed by atoms with Crippen LogP contribution in [0.2, 0.25) is 0 Å². The van der Waals surface area contributed by atoms with Crippen LogP contribution in [-0.2, 0) is 11.3 Å². The van der Waals surface area contributed by atoms with E-state index in [1.807, 2.05) is 48.7 Å². The normalized spacial score (nSPS) is 17.1. The van der Waals surface area contributed by atoms with Crippen molar-refractivity contribution in [2.75, 3.05) is 5.75 Å². The van der Waals surface area contributed by atoms with Crippen molar-refractivity contribution in [2.24, 2.45) is 4.99 Å². The first-order valence-electron chi connectivity index (χ1n) is 6.33. The van der Waals surface area contributed by atoms with E-state index in [1.54, 1.807) is 16.2 Å². The van der Waals surface area contributed by atoms with Crippen molar-refractivity contribution in [3.05, 3.63) is 52.2 Å². The lowest BCUT2D eigenvalue weighted by Gasteiger charge is -2.14. The molecule has 0 unspecified atom stereocenters. The lowest BCUT2D eigenvalue weighted by atomic mass is 10.2. The van der Waals surface area contributed by atoms with Gasteiger partial charge in [0.25, 0.3) is 0 Å². The molecule has 0 saturated carbocycles. The van der Waals surface area contributed by atoms with Gasteiger partial charge in [-0.15, -0.1) is 11.3 Å².